The van der Waals surface area contributed by atoms with Crippen molar-refractivity contribution in [3.05, 3.63) is 23.8 Å². The van der Waals surface area contributed by atoms with Crippen LogP contribution in [-0.2, 0) is 5.54 Å². The van der Waals surface area contributed by atoms with Crippen LogP contribution in [0.3, 0.4) is 0 Å². The topological polar surface area (TPSA) is 65.0 Å². The fraction of sp³-hybridized carbons (Fsp3) is 0.538. The molecular weight excluding hydrogens is 232 g/mol. The molecule has 0 bridgehead atoms. The summed E-state index contributed by atoms with van der Waals surface area (Å²) in [6.07, 6.45) is 0. The maximum absolute atomic E-state index is 9.68. The molecule has 1 aromatic rings. The molecular formula is C13H20N2O3. The van der Waals surface area contributed by atoms with Gasteiger partial charge in [-0.1, -0.05) is 0 Å². The number of fused-ring (bicyclic) bond motifs is 1. The van der Waals surface area contributed by atoms with Gasteiger partial charge in [0.2, 0.25) is 0 Å². The second kappa shape index (κ2) is 5.14. The zero-order valence-electron chi connectivity index (χ0n) is 10.8. The maximum atomic E-state index is 9.68. The van der Waals surface area contributed by atoms with E-state index in [9.17, 15) is 10.2 Å². The quantitative estimate of drug-likeness (QED) is 0.695. The van der Waals surface area contributed by atoms with Gasteiger partial charge in [0.25, 0.3) is 0 Å². The van der Waals surface area contributed by atoms with Gasteiger partial charge in [-0.2, -0.15) is 0 Å². The van der Waals surface area contributed by atoms with E-state index < -0.39 is 5.54 Å². The fourth-order valence-corrected chi connectivity index (χ4v) is 2.16. The minimum Gasteiger partial charge on any atom is -0.508 e. The molecule has 0 fully saturated rings. The van der Waals surface area contributed by atoms with Gasteiger partial charge in [0.05, 0.1) is 6.61 Å². The first-order valence-electron chi connectivity index (χ1n) is 6.04. The molecule has 1 atom stereocenters. The molecule has 1 aliphatic rings. The third kappa shape index (κ3) is 2.43. The predicted octanol–water partition coefficient (Wildman–Crippen LogP) is 0.123. The van der Waals surface area contributed by atoms with Crippen LogP contribution in [0.2, 0.25) is 0 Å². The first-order chi connectivity index (χ1) is 8.57. The van der Waals surface area contributed by atoms with Crippen molar-refractivity contribution in [3.8, 4) is 11.5 Å². The Bertz CT molecular complexity index is 423. The SMILES string of the molecule is CN(C)CCNC1(CO)COc2cc(O)ccc21. The number of likely N-dealkylation sites (N-methyl/N-ethyl adjacent to an activating group) is 1. The Morgan fingerprint density at radius 1 is 1.44 bits per heavy atom. The van der Waals surface area contributed by atoms with Gasteiger partial charge in [-0.15, -0.1) is 0 Å². The summed E-state index contributed by atoms with van der Waals surface area (Å²) in [5.41, 5.74) is 0.348. The van der Waals surface area contributed by atoms with E-state index in [4.69, 9.17) is 4.74 Å². The molecule has 5 nitrogen and oxygen atoms in total. The van der Waals surface area contributed by atoms with E-state index >= 15 is 0 Å². The lowest BCUT2D eigenvalue weighted by Crippen LogP contribution is -2.49. The molecule has 0 aromatic heterocycles. The van der Waals surface area contributed by atoms with Crippen LogP contribution in [0.15, 0.2) is 18.2 Å². The molecule has 0 radical (unpaired) electrons. The van der Waals surface area contributed by atoms with Crippen molar-refractivity contribution in [2.75, 3.05) is 40.4 Å². The smallest absolute Gasteiger partial charge is 0.128 e. The van der Waals surface area contributed by atoms with Crippen LogP contribution in [0.4, 0.5) is 0 Å². The molecule has 0 aliphatic carbocycles. The number of aliphatic hydroxyl groups is 1. The molecule has 1 aliphatic heterocycles. The number of nitrogens with zero attached hydrogens (tertiary/aromatic N) is 1. The molecule has 3 N–H and O–H groups in total. The highest BCUT2D eigenvalue weighted by atomic mass is 16.5. The molecule has 0 saturated heterocycles. The Morgan fingerprint density at radius 2 is 2.22 bits per heavy atom. The number of aromatic hydroxyl groups is 1. The number of nitrogens with one attached hydrogen (secondary N) is 1. The zero-order chi connectivity index (χ0) is 13.2. The normalized spacial score (nSPS) is 22.0. The van der Waals surface area contributed by atoms with Gasteiger partial charge < -0.3 is 25.2 Å². The second-order valence-corrected chi connectivity index (χ2v) is 4.94. The molecule has 18 heavy (non-hydrogen) atoms. The van der Waals surface area contributed by atoms with E-state index in [0.717, 1.165) is 18.7 Å². The molecule has 1 unspecified atom stereocenters. The van der Waals surface area contributed by atoms with Crippen LogP contribution in [0.25, 0.3) is 0 Å². The average Bonchev–Trinajstić information content (AvgIpc) is 2.68. The molecule has 1 aromatic carbocycles. The van der Waals surface area contributed by atoms with Crippen molar-refractivity contribution < 1.29 is 14.9 Å². The van der Waals surface area contributed by atoms with E-state index in [0.29, 0.717) is 12.4 Å². The molecule has 100 valence electrons. The number of hydrogen-bond donors (Lipinski definition) is 3. The molecule has 0 spiro atoms. The number of phenols is 1. The Hall–Kier alpha value is -1.30. The van der Waals surface area contributed by atoms with Gasteiger partial charge in [-0.05, 0) is 26.2 Å². The molecule has 0 saturated carbocycles. The molecule has 1 heterocycles. The van der Waals surface area contributed by atoms with E-state index in [1.54, 1.807) is 18.2 Å². The van der Waals surface area contributed by atoms with Gasteiger partial charge in [0.15, 0.2) is 0 Å². The predicted molar refractivity (Wildman–Crippen MR) is 68.9 cm³/mol. The lowest BCUT2D eigenvalue weighted by atomic mass is 9.93. The fourth-order valence-electron chi connectivity index (χ4n) is 2.16. The first kappa shape index (κ1) is 13.1. The highest BCUT2D eigenvalue weighted by molar-refractivity contribution is 5.47. The van der Waals surface area contributed by atoms with Gasteiger partial charge in [0, 0.05) is 24.7 Å². The van der Waals surface area contributed by atoms with E-state index in [1.165, 1.54) is 0 Å². The van der Waals surface area contributed by atoms with Crippen LogP contribution in [0, 0.1) is 0 Å². The van der Waals surface area contributed by atoms with Crippen molar-refractivity contribution in [2.24, 2.45) is 0 Å². The molecule has 0 amide bonds. The van der Waals surface area contributed by atoms with Crippen molar-refractivity contribution in [1.29, 1.82) is 0 Å². The van der Waals surface area contributed by atoms with Crippen molar-refractivity contribution in [3.63, 3.8) is 0 Å². The second-order valence-electron chi connectivity index (χ2n) is 4.94. The zero-order valence-corrected chi connectivity index (χ0v) is 10.8. The Morgan fingerprint density at radius 3 is 2.89 bits per heavy atom. The van der Waals surface area contributed by atoms with Crippen LogP contribution < -0.4 is 10.1 Å². The van der Waals surface area contributed by atoms with Crippen molar-refractivity contribution in [1.82, 2.24) is 10.2 Å². The summed E-state index contributed by atoms with van der Waals surface area (Å²) < 4.78 is 5.55. The summed E-state index contributed by atoms with van der Waals surface area (Å²) in [6, 6.07) is 5.00. The van der Waals surface area contributed by atoms with E-state index in [2.05, 4.69) is 10.2 Å². The lowest BCUT2D eigenvalue weighted by molar-refractivity contribution is 0.127. The van der Waals surface area contributed by atoms with Gasteiger partial charge in [-0.25, -0.2) is 0 Å². The van der Waals surface area contributed by atoms with Crippen molar-refractivity contribution >= 4 is 0 Å². The summed E-state index contributed by atoms with van der Waals surface area (Å²) in [5, 5.41) is 22.5. The van der Waals surface area contributed by atoms with Gasteiger partial charge in [0.1, 0.15) is 23.6 Å². The summed E-state index contributed by atoms with van der Waals surface area (Å²) >= 11 is 0. The van der Waals surface area contributed by atoms with Gasteiger partial charge >= 0.3 is 0 Å². The molecule has 5 heteroatoms. The number of hydrogen-bond acceptors (Lipinski definition) is 5. The van der Waals surface area contributed by atoms with Crippen LogP contribution in [-0.4, -0.2) is 55.5 Å². The summed E-state index contributed by atoms with van der Waals surface area (Å²) in [6.45, 7) is 2.00. The highest BCUT2D eigenvalue weighted by Gasteiger charge is 2.39. The summed E-state index contributed by atoms with van der Waals surface area (Å²) in [4.78, 5) is 2.08. The van der Waals surface area contributed by atoms with Crippen LogP contribution >= 0.6 is 0 Å². The van der Waals surface area contributed by atoms with E-state index in [1.807, 2.05) is 14.1 Å². The molecule has 2 rings (SSSR count). The Balaban J connectivity index is 2.15. The third-order valence-electron chi connectivity index (χ3n) is 3.25. The van der Waals surface area contributed by atoms with Crippen LogP contribution in [0.1, 0.15) is 5.56 Å². The Kier molecular flexibility index (Phi) is 3.75. The highest BCUT2D eigenvalue weighted by Crippen LogP contribution is 2.38. The van der Waals surface area contributed by atoms with Crippen molar-refractivity contribution in [2.45, 2.75) is 5.54 Å². The first-order valence-corrected chi connectivity index (χ1v) is 6.04. The standard InChI is InChI=1S/C13H20N2O3/c1-15(2)6-5-14-13(8-16)9-18-12-7-10(17)3-4-11(12)13/h3-4,7,14,16-17H,5-6,8-9H2,1-2H3. The van der Waals surface area contributed by atoms with E-state index in [-0.39, 0.29) is 12.4 Å². The van der Waals surface area contributed by atoms with Gasteiger partial charge in [-0.3, -0.25) is 0 Å². The minimum absolute atomic E-state index is 0.0296. The Labute approximate surface area is 107 Å². The average molecular weight is 252 g/mol. The van der Waals surface area contributed by atoms with Crippen LogP contribution in [0.5, 0.6) is 11.5 Å². The number of rotatable bonds is 5. The lowest BCUT2D eigenvalue weighted by Gasteiger charge is -2.28. The third-order valence-corrected chi connectivity index (χ3v) is 3.25. The largest absolute Gasteiger partial charge is 0.508 e. The maximum Gasteiger partial charge on any atom is 0.128 e. The number of ether oxygens (including phenoxy) is 1. The number of phenolic OH excluding ortho intramolecular Hbond substituents is 1. The minimum atomic E-state index is -0.557. The number of benzene rings is 1. The summed E-state index contributed by atoms with van der Waals surface area (Å²) in [5.74, 6) is 0.817. The summed E-state index contributed by atoms with van der Waals surface area (Å²) in [7, 11) is 4.01. The number of aliphatic hydroxyl groups excluding tert-OH is 1. The monoisotopic (exact) mass is 252 g/mol.